The number of nitrogens with one attached hydrogen (secondary N) is 1. The Hall–Kier alpha value is -0.580. The van der Waals surface area contributed by atoms with Gasteiger partial charge >= 0.3 is 0 Å². The maximum atomic E-state index is 5.90. The summed E-state index contributed by atoms with van der Waals surface area (Å²) in [7, 11) is 0. The molecule has 1 heterocycles. The smallest absolute Gasteiger partial charge is 0.188 e. The van der Waals surface area contributed by atoms with Crippen LogP contribution in [0.3, 0.4) is 0 Å². The highest BCUT2D eigenvalue weighted by Crippen LogP contribution is 2.24. The van der Waals surface area contributed by atoms with E-state index in [1.165, 1.54) is 0 Å². The van der Waals surface area contributed by atoms with Crippen molar-refractivity contribution in [2.24, 2.45) is 10.7 Å². The van der Waals surface area contributed by atoms with Crippen molar-refractivity contribution in [3.05, 3.63) is 28.7 Å². The standard InChI is InChI=1S/C17H27BrN4O2.HI/c1-14(24-16-6-3-2-5-15(16)18)13-21-17(19)20-7-4-8-22-9-11-23-12-10-22;/h2-3,5-6,14H,4,7-13H2,1H3,(H3,19,20,21);1H. The van der Waals surface area contributed by atoms with Crippen molar-refractivity contribution in [3.8, 4) is 5.75 Å². The molecule has 8 heteroatoms. The molecule has 0 bridgehead atoms. The summed E-state index contributed by atoms with van der Waals surface area (Å²) in [6.45, 7) is 8.11. The van der Waals surface area contributed by atoms with E-state index in [2.05, 4.69) is 31.1 Å². The highest BCUT2D eigenvalue weighted by Gasteiger charge is 2.09. The summed E-state index contributed by atoms with van der Waals surface area (Å²) in [5.41, 5.74) is 5.90. The average Bonchev–Trinajstić information content (AvgIpc) is 2.60. The summed E-state index contributed by atoms with van der Waals surface area (Å²) >= 11 is 3.47. The lowest BCUT2D eigenvalue weighted by Gasteiger charge is -2.26. The van der Waals surface area contributed by atoms with Gasteiger partial charge in [0.15, 0.2) is 5.96 Å². The van der Waals surface area contributed by atoms with Gasteiger partial charge in [0.25, 0.3) is 0 Å². The number of hydrogen-bond acceptors (Lipinski definition) is 4. The monoisotopic (exact) mass is 526 g/mol. The van der Waals surface area contributed by atoms with Crippen molar-refractivity contribution in [2.45, 2.75) is 19.4 Å². The third kappa shape index (κ3) is 9.07. The van der Waals surface area contributed by atoms with Crippen molar-refractivity contribution in [3.63, 3.8) is 0 Å². The number of benzene rings is 1. The minimum Gasteiger partial charge on any atom is -0.488 e. The van der Waals surface area contributed by atoms with E-state index < -0.39 is 0 Å². The molecule has 0 spiro atoms. The molecule has 1 saturated heterocycles. The quantitative estimate of drug-likeness (QED) is 0.236. The first-order chi connectivity index (χ1) is 11.6. The van der Waals surface area contributed by atoms with Crippen LogP contribution in [-0.2, 0) is 4.74 Å². The van der Waals surface area contributed by atoms with Gasteiger partial charge in [-0.15, -0.1) is 24.0 Å². The summed E-state index contributed by atoms with van der Waals surface area (Å²) in [4.78, 5) is 6.75. The molecule has 2 rings (SSSR count). The number of guanidine groups is 1. The molecular formula is C17H28BrIN4O2. The topological polar surface area (TPSA) is 72.1 Å². The molecule has 142 valence electrons. The van der Waals surface area contributed by atoms with Gasteiger partial charge in [0, 0.05) is 19.6 Å². The Labute approximate surface area is 175 Å². The molecule has 1 aromatic rings. The number of hydrogen-bond donors (Lipinski definition) is 2. The van der Waals surface area contributed by atoms with E-state index >= 15 is 0 Å². The largest absolute Gasteiger partial charge is 0.488 e. The molecule has 6 nitrogen and oxygen atoms in total. The molecule has 0 amide bonds. The van der Waals surface area contributed by atoms with Gasteiger partial charge in [0.05, 0.1) is 24.2 Å². The van der Waals surface area contributed by atoms with Crippen LogP contribution >= 0.6 is 39.9 Å². The van der Waals surface area contributed by atoms with E-state index in [1.807, 2.05) is 31.2 Å². The second-order valence-electron chi connectivity index (χ2n) is 5.82. The fourth-order valence-corrected chi connectivity index (χ4v) is 2.80. The van der Waals surface area contributed by atoms with Crippen molar-refractivity contribution >= 4 is 45.9 Å². The molecule has 1 aromatic carbocycles. The average molecular weight is 527 g/mol. The number of rotatable bonds is 8. The van der Waals surface area contributed by atoms with Gasteiger partial charge in [-0.2, -0.15) is 0 Å². The molecule has 1 fully saturated rings. The van der Waals surface area contributed by atoms with E-state index in [-0.39, 0.29) is 30.1 Å². The van der Waals surface area contributed by atoms with E-state index in [1.54, 1.807) is 0 Å². The number of halogens is 2. The van der Waals surface area contributed by atoms with E-state index in [9.17, 15) is 0 Å². The number of ether oxygens (including phenoxy) is 2. The number of para-hydroxylation sites is 1. The highest BCUT2D eigenvalue weighted by molar-refractivity contribution is 14.0. The summed E-state index contributed by atoms with van der Waals surface area (Å²) in [6.07, 6.45) is 0.997. The maximum absolute atomic E-state index is 5.90. The van der Waals surface area contributed by atoms with Crippen LogP contribution < -0.4 is 15.8 Å². The zero-order valence-electron chi connectivity index (χ0n) is 14.6. The lowest BCUT2D eigenvalue weighted by Crippen LogP contribution is -2.39. The number of aliphatic imine (C=N–C) groups is 1. The molecule has 1 aliphatic heterocycles. The molecule has 1 atom stereocenters. The van der Waals surface area contributed by atoms with Gasteiger partial charge in [-0.25, -0.2) is 4.99 Å². The molecule has 3 N–H and O–H groups in total. The minimum atomic E-state index is -0.0441. The third-order valence-corrected chi connectivity index (χ3v) is 4.40. The van der Waals surface area contributed by atoms with Crippen molar-refractivity contribution < 1.29 is 9.47 Å². The second-order valence-corrected chi connectivity index (χ2v) is 6.67. The van der Waals surface area contributed by atoms with Crippen LogP contribution in [0.15, 0.2) is 33.7 Å². The molecule has 0 saturated carbocycles. The van der Waals surface area contributed by atoms with Gasteiger partial charge in [-0.05, 0) is 48.0 Å². The van der Waals surface area contributed by atoms with Crippen LogP contribution in [-0.4, -0.2) is 62.9 Å². The summed E-state index contributed by atoms with van der Waals surface area (Å²) in [6, 6.07) is 7.78. The Morgan fingerprint density at radius 2 is 2.12 bits per heavy atom. The first kappa shape index (κ1) is 22.5. The van der Waals surface area contributed by atoms with Crippen LogP contribution in [0.1, 0.15) is 13.3 Å². The fraction of sp³-hybridized carbons (Fsp3) is 0.588. The van der Waals surface area contributed by atoms with Gasteiger partial charge in [0.2, 0.25) is 0 Å². The molecular weight excluding hydrogens is 499 g/mol. The Morgan fingerprint density at radius 1 is 1.40 bits per heavy atom. The van der Waals surface area contributed by atoms with Crippen LogP contribution in [0.25, 0.3) is 0 Å². The lowest BCUT2D eigenvalue weighted by atomic mass is 10.3. The SMILES string of the molecule is CC(CN=C(N)NCCCN1CCOCC1)Oc1ccccc1Br.I. The van der Waals surface area contributed by atoms with Gasteiger partial charge in [0.1, 0.15) is 11.9 Å². The zero-order chi connectivity index (χ0) is 17.2. The van der Waals surface area contributed by atoms with E-state index in [0.29, 0.717) is 12.5 Å². The van der Waals surface area contributed by atoms with E-state index in [4.69, 9.17) is 15.2 Å². The van der Waals surface area contributed by atoms with Gasteiger partial charge in [-0.3, -0.25) is 4.90 Å². The Bertz CT molecular complexity index is 527. The molecule has 0 aliphatic carbocycles. The van der Waals surface area contributed by atoms with Crippen LogP contribution in [0.2, 0.25) is 0 Å². The molecule has 1 unspecified atom stereocenters. The molecule has 0 radical (unpaired) electrons. The van der Waals surface area contributed by atoms with Crippen molar-refractivity contribution in [1.82, 2.24) is 10.2 Å². The third-order valence-electron chi connectivity index (χ3n) is 3.74. The van der Waals surface area contributed by atoms with Gasteiger partial charge in [-0.1, -0.05) is 12.1 Å². The molecule has 0 aromatic heterocycles. The second kappa shape index (κ2) is 12.7. The Kier molecular flexibility index (Phi) is 11.4. The van der Waals surface area contributed by atoms with Crippen molar-refractivity contribution in [2.75, 3.05) is 45.9 Å². The maximum Gasteiger partial charge on any atom is 0.188 e. The fourth-order valence-electron chi connectivity index (χ4n) is 2.42. The Balaban J connectivity index is 0.00000312. The van der Waals surface area contributed by atoms with Crippen molar-refractivity contribution in [1.29, 1.82) is 0 Å². The number of nitrogens with zero attached hydrogens (tertiary/aromatic N) is 2. The van der Waals surface area contributed by atoms with E-state index in [0.717, 1.165) is 56.0 Å². The lowest BCUT2D eigenvalue weighted by molar-refractivity contribution is 0.0376. The Morgan fingerprint density at radius 3 is 2.84 bits per heavy atom. The molecule has 1 aliphatic rings. The first-order valence-electron chi connectivity index (χ1n) is 8.40. The van der Waals surface area contributed by atoms with Crippen LogP contribution in [0.5, 0.6) is 5.75 Å². The molecule has 25 heavy (non-hydrogen) atoms. The van der Waals surface area contributed by atoms with Gasteiger partial charge < -0.3 is 20.5 Å². The summed E-state index contributed by atoms with van der Waals surface area (Å²) in [5, 5.41) is 3.16. The number of nitrogens with two attached hydrogens (primary N) is 1. The first-order valence-corrected chi connectivity index (χ1v) is 9.19. The zero-order valence-corrected chi connectivity index (χ0v) is 18.5. The summed E-state index contributed by atoms with van der Waals surface area (Å²) < 4.78 is 12.1. The predicted molar refractivity (Wildman–Crippen MR) is 116 cm³/mol. The summed E-state index contributed by atoms with van der Waals surface area (Å²) in [5.74, 6) is 1.29. The number of morpholine rings is 1. The minimum absolute atomic E-state index is 0. The predicted octanol–water partition coefficient (Wildman–Crippen LogP) is 2.46. The van der Waals surface area contributed by atoms with Crippen LogP contribution in [0, 0.1) is 0 Å². The highest BCUT2D eigenvalue weighted by atomic mass is 127. The van der Waals surface area contributed by atoms with Crippen LogP contribution in [0.4, 0.5) is 0 Å². The normalized spacial score (nSPS) is 16.8.